The van der Waals surface area contributed by atoms with Crippen molar-refractivity contribution in [1.29, 1.82) is 0 Å². The summed E-state index contributed by atoms with van der Waals surface area (Å²) < 4.78 is 0. The molecule has 0 aliphatic heterocycles. The zero-order chi connectivity index (χ0) is 18.0. The summed E-state index contributed by atoms with van der Waals surface area (Å²) in [6.45, 7) is 20.5. The molecule has 0 heterocycles. The second-order valence-corrected chi connectivity index (χ2v) is 10.2. The number of carbonyl (C=O) groups excluding carboxylic acids is 2. The molecule has 0 atom stereocenters. The maximum Gasteiger partial charge on any atom is 0.309 e. The Labute approximate surface area is 136 Å². The summed E-state index contributed by atoms with van der Waals surface area (Å²) in [4.78, 5) is 24.3. The summed E-state index contributed by atoms with van der Waals surface area (Å²) in [6.07, 6.45) is 1.59. The summed E-state index contributed by atoms with van der Waals surface area (Å²) in [5.74, 6) is -1.12. The van der Waals surface area contributed by atoms with Crippen molar-refractivity contribution in [3.05, 3.63) is 0 Å². The average Bonchev–Trinajstić information content (AvgIpc) is 2.06. The van der Waals surface area contributed by atoms with Gasteiger partial charge in [0.1, 0.15) is 0 Å². The van der Waals surface area contributed by atoms with Gasteiger partial charge in [-0.2, -0.15) is 0 Å². The van der Waals surface area contributed by atoms with Gasteiger partial charge >= 0.3 is 11.8 Å². The van der Waals surface area contributed by atoms with Crippen molar-refractivity contribution < 1.29 is 9.59 Å². The van der Waals surface area contributed by atoms with Gasteiger partial charge in [0.2, 0.25) is 0 Å². The summed E-state index contributed by atoms with van der Waals surface area (Å²) in [7, 11) is 0. The Kier molecular flexibility index (Phi) is 6.27. The van der Waals surface area contributed by atoms with E-state index in [0.717, 1.165) is 12.8 Å². The molecule has 2 N–H and O–H groups in total. The lowest BCUT2D eigenvalue weighted by Crippen LogP contribution is -2.55. The highest BCUT2D eigenvalue weighted by atomic mass is 16.2. The molecule has 0 aromatic heterocycles. The molecule has 0 fully saturated rings. The minimum atomic E-state index is -0.559. The first-order chi connectivity index (χ1) is 9.43. The number of hydrogen-bond donors (Lipinski definition) is 2. The van der Waals surface area contributed by atoms with Crippen LogP contribution in [0.25, 0.3) is 0 Å². The summed E-state index contributed by atoms with van der Waals surface area (Å²) >= 11 is 0. The van der Waals surface area contributed by atoms with Crippen LogP contribution in [0.4, 0.5) is 0 Å². The van der Waals surface area contributed by atoms with Gasteiger partial charge in [-0.1, -0.05) is 41.5 Å². The fourth-order valence-electron chi connectivity index (χ4n) is 3.47. The van der Waals surface area contributed by atoms with E-state index in [0.29, 0.717) is 0 Å². The minimum Gasteiger partial charge on any atom is -0.343 e. The third kappa shape index (κ3) is 9.80. The predicted octanol–water partition coefficient (Wildman–Crippen LogP) is 3.65. The van der Waals surface area contributed by atoms with Gasteiger partial charge in [-0.3, -0.25) is 9.59 Å². The lowest BCUT2D eigenvalue weighted by molar-refractivity contribution is -0.141. The molecule has 22 heavy (non-hydrogen) atoms. The third-order valence-corrected chi connectivity index (χ3v) is 3.05. The fraction of sp³-hybridized carbons (Fsp3) is 0.889. The van der Waals surface area contributed by atoms with E-state index in [9.17, 15) is 9.59 Å². The average molecular weight is 312 g/mol. The maximum atomic E-state index is 12.2. The van der Waals surface area contributed by atoms with Gasteiger partial charge in [-0.05, 0) is 51.4 Å². The van der Waals surface area contributed by atoms with Crippen LogP contribution in [0.15, 0.2) is 0 Å². The van der Waals surface area contributed by atoms with E-state index in [1.807, 2.05) is 27.7 Å². The molecule has 0 saturated carbocycles. The molecule has 0 radical (unpaired) electrons. The number of nitrogens with one attached hydrogen (secondary N) is 2. The van der Waals surface area contributed by atoms with E-state index in [4.69, 9.17) is 0 Å². The lowest BCUT2D eigenvalue weighted by atomic mass is 9.81. The molecule has 0 spiro atoms. The van der Waals surface area contributed by atoms with Gasteiger partial charge in [0.25, 0.3) is 0 Å². The van der Waals surface area contributed by atoms with Gasteiger partial charge in [-0.15, -0.1) is 0 Å². The molecule has 0 aromatic carbocycles. The Hall–Kier alpha value is -1.06. The van der Waals surface area contributed by atoms with Gasteiger partial charge in [0.05, 0.1) is 0 Å². The molecule has 0 rings (SSSR count). The largest absolute Gasteiger partial charge is 0.343 e. The summed E-state index contributed by atoms with van der Waals surface area (Å²) in [5.41, 5.74) is -0.667. The van der Waals surface area contributed by atoms with E-state index in [-0.39, 0.29) is 10.8 Å². The maximum absolute atomic E-state index is 12.2. The summed E-state index contributed by atoms with van der Waals surface area (Å²) in [6, 6.07) is 0. The highest BCUT2D eigenvalue weighted by Crippen LogP contribution is 2.28. The Morgan fingerprint density at radius 2 is 0.818 bits per heavy atom. The van der Waals surface area contributed by atoms with E-state index < -0.39 is 22.9 Å². The molecule has 4 heteroatoms. The van der Waals surface area contributed by atoms with Crippen LogP contribution in [0, 0.1) is 10.8 Å². The molecular weight excluding hydrogens is 276 g/mol. The highest BCUT2D eigenvalue weighted by molar-refractivity contribution is 6.35. The van der Waals surface area contributed by atoms with E-state index in [1.165, 1.54) is 0 Å². The third-order valence-electron chi connectivity index (χ3n) is 3.05. The number of carbonyl (C=O) groups is 2. The van der Waals surface area contributed by atoms with Crippen molar-refractivity contribution in [3.8, 4) is 0 Å². The molecule has 4 nitrogen and oxygen atoms in total. The molecular formula is C18H36N2O2. The van der Waals surface area contributed by atoms with Crippen LogP contribution in [-0.2, 0) is 9.59 Å². The molecule has 0 aromatic rings. The predicted molar refractivity (Wildman–Crippen MR) is 92.6 cm³/mol. The normalized spacial score (nSPS) is 13.7. The van der Waals surface area contributed by atoms with Gasteiger partial charge in [0, 0.05) is 11.1 Å². The second kappa shape index (κ2) is 6.59. The van der Waals surface area contributed by atoms with Crippen molar-refractivity contribution in [2.45, 2.75) is 93.2 Å². The van der Waals surface area contributed by atoms with Crippen molar-refractivity contribution in [1.82, 2.24) is 10.6 Å². The van der Waals surface area contributed by atoms with Crippen LogP contribution < -0.4 is 10.6 Å². The SMILES string of the molecule is CC(C)(C)CC(C)(C)NC(=O)C(=O)NC(C)(C)CC(C)(C)C. The Morgan fingerprint density at radius 1 is 0.591 bits per heavy atom. The van der Waals surface area contributed by atoms with Gasteiger partial charge in [0.15, 0.2) is 0 Å². The summed E-state index contributed by atoms with van der Waals surface area (Å²) in [5, 5.41) is 5.69. The van der Waals surface area contributed by atoms with Gasteiger partial charge < -0.3 is 10.6 Å². The molecule has 130 valence electrons. The van der Waals surface area contributed by atoms with Crippen LogP contribution in [0.3, 0.4) is 0 Å². The highest BCUT2D eigenvalue weighted by Gasteiger charge is 2.32. The van der Waals surface area contributed by atoms with Crippen LogP contribution in [-0.4, -0.2) is 22.9 Å². The molecule has 0 unspecified atom stereocenters. The van der Waals surface area contributed by atoms with Crippen LogP contribution in [0.2, 0.25) is 0 Å². The standard InChI is InChI=1S/C18H36N2O2/c1-15(2,3)11-17(7,8)19-13(21)14(22)20-18(9,10)12-16(4,5)6/h11-12H2,1-10H3,(H,19,21)(H,20,22). The topological polar surface area (TPSA) is 58.2 Å². The molecule has 2 amide bonds. The number of hydrogen-bond acceptors (Lipinski definition) is 2. The molecule has 0 saturated heterocycles. The fourth-order valence-corrected chi connectivity index (χ4v) is 3.47. The van der Waals surface area contributed by atoms with E-state index in [1.54, 1.807) is 0 Å². The van der Waals surface area contributed by atoms with Crippen LogP contribution in [0.5, 0.6) is 0 Å². The van der Waals surface area contributed by atoms with Crippen LogP contribution >= 0.6 is 0 Å². The van der Waals surface area contributed by atoms with Crippen molar-refractivity contribution >= 4 is 11.8 Å². The number of rotatable bonds is 4. The second-order valence-electron chi connectivity index (χ2n) is 10.2. The van der Waals surface area contributed by atoms with Gasteiger partial charge in [-0.25, -0.2) is 0 Å². The molecule has 0 aliphatic rings. The Bertz CT molecular complexity index is 370. The minimum absolute atomic E-state index is 0.0821. The van der Waals surface area contributed by atoms with Crippen LogP contribution in [0.1, 0.15) is 82.1 Å². The first-order valence-electron chi connectivity index (χ1n) is 8.07. The quantitative estimate of drug-likeness (QED) is 0.779. The zero-order valence-electron chi connectivity index (χ0n) is 16.2. The monoisotopic (exact) mass is 312 g/mol. The first kappa shape index (κ1) is 20.9. The van der Waals surface area contributed by atoms with E-state index >= 15 is 0 Å². The van der Waals surface area contributed by atoms with E-state index in [2.05, 4.69) is 52.2 Å². The van der Waals surface area contributed by atoms with Crippen molar-refractivity contribution in [3.63, 3.8) is 0 Å². The number of amides is 2. The van der Waals surface area contributed by atoms with Crippen molar-refractivity contribution in [2.24, 2.45) is 10.8 Å². The molecule has 0 bridgehead atoms. The molecule has 0 aliphatic carbocycles. The Balaban J connectivity index is 4.72. The van der Waals surface area contributed by atoms with Crippen molar-refractivity contribution in [2.75, 3.05) is 0 Å². The zero-order valence-corrected chi connectivity index (χ0v) is 16.2. The Morgan fingerprint density at radius 3 is 1.00 bits per heavy atom. The lowest BCUT2D eigenvalue weighted by Gasteiger charge is -2.35. The smallest absolute Gasteiger partial charge is 0.309 e. The first-order valence-corrected chi connectivity index (χ1v) is 8.07.